The number of rotatable bonds is 12. The van der Waals surface area contributed by atoms with Crippen LogP contribution in [0.3, 0.4) is 0 Å². The molecular formula is C26H29N3O4S2. The zero-order chi connectivity index (χ0) is 25.0. The highest BCUT2D eigenvalue weighted by Crippen LogP contribution is 2.30. The summed E-state index contributed by atoms with van der Waals surface area (Å²) in [5.41, 5.74) is 3.52. The molecule has 3 atom stereocenters. The second-order valence-electron chi connectivity index (χ2n) is 7.99. The number of likely N-dealkylation sites (N-methyl/N-ethyl adjacent to an activating group) is 1. The number of carbonyl (C=O) groups is 3. The number of amides is 3. The molecule has 0 unspecified atom stereocenters. The Morgan fingerprint density at radius 1 is 0.829 bits per heavy atom. The van der Waals surface area contributed by atoms with Gasteiger partial charge in [0.1, 0.15) is 6.04 Å². The lowest BCUT2D eigenvalue weighted by atomic mass is 9.86. The highest BCUT2D eigenvalue weighted by Gasteiger charge is 2.36. The standard InChI is InChI=1S/C26H29N3O4S2/c1-27-26(32)22(16-19-11-6-3-7-12-19)28-24(30)20(15-18-9-4-2-5-10-18)21(25(31)29-33)17-35-23-13-8-14-34-23/h2-14,20-22,33H,15-17H2,1H3,(H,27,32)(H,28,30)(H,29,31)/t20-,21+,22+/m1/s1. The van der Waals surface area contributed by atoms with Crippen LogP contribution in [0.1, 0.15) is 11.1 Å². The third-order valence-electron chi connectivity index (χ3n) is 5.63. The van der Waals surface area contributed by atoms with Gasteiger partial charge < -0.3 is 10.6 Å². The Labute approximate surface area is 213 Å². The van der Waals surface area contributed by atoms with Gasteiger partial charge in [0.25, 0.3) is 0 Å². The highest BCUT2D eigenvalue weighted by molar-refractivity contribution is 8.01. The fourth-order valence-electron chi connectivity index (χ4n) is 3.77. The van der Waals surface area contributed by atoms with Crippen molar-refractivity contribution >= 4 is 40.8 Å². The predicted molar refractivity (Wildman–Crippen MR) is 138 cm³/mol. The summed E-state index contributed by atoms with van der Waals surface area (Å²) in [5.74, 6) is -2.71. The van der Waals surface area contributed by atoms with Crippen molar-refractivity contribution in [3.63, 3.8) is 0 Å². The molecule has 2 aromatic carbocycles. The first-order valence-electron chi connectivity index (χ1n) is 11.2. The molecule has 0 radical (unpaired) electrons. The normalized spacial score (nSPS) is 13.3. The van der Waals surface area contributed by atoms with Gasteiger partial charge in [-0.05, 0) is 29.0 Å². The molecule has 0 fully saturated rings. The van der Waals surface area contributed by atoms with Gasteiger partial charge in [-0.1, -0.05) is 66.7 Å². The molecule has 3 rings (SSSR count). The summed E-state index contributed by atoms with van der Waals surface area (Å²) < 4.78 is 1.01. The maximum absolute atomic E-state index is 13.6. The van der Waals surface area contributed by atoms with Crippen LogP contribution in [0, 0.1) is 11.8 Å². The van der Waals surface area contributed by atoms with Gasteiger partial charge in [-0.3, -0.25) is 19.6 Å². The molecule has 3 amide bonds. The molecule has 0 spiro atoms. The minimum absolute atomic E-state index is 0.279. The Hall–Kier alpha value is -3.14. The summed E-state index contributed by atoms with van der Waals surface area (Å²) in [6.45, 7) is 0. The number of thiophene rings is 1. The van der Waals surface area contributed by atoms with E-state index in [0.717, 1.165) is 15.3 Å². The second-order valence-corrected chi connectivity index (χ2v) is 10.3. The first-order chi connectivity index (χ1) is 17.0. The molecule has 35 heavy (non-hydrogen) atoms. The molecule has 3 aromatic rings. The van der Waals surface area contributed by atoms with Crippen molar-refractivity contribution in [1.82, 2.24) is 16.1 Å². The summed E-state index contributed by atoms with van der Waals surface area (Å²) in [7, 11) is 1.52. The van der Waals surface area contributed by atoms with Crippen LogP contribution in [0.15, 0.2) is 82.4 Å². The summed E-state index contributed by atoms with van der Waals surface area (Å²) in [6.07, 6.45) is 0.590. The monoisotopic (exact) mass is 511 g/mol. The van der Waals surface area contributed by atoms with Crippen molar-refractivity contribution in [2.24, 2.45) is 11.8 Å². The smallest absolute Gasteiger partial charge is 0.248 e. The quantitative estimate of drug-likeness (QED) is 0.170. The van der Waals surface area contributed by atoms with E-state index in [9.17, 15) is 19.6 Å². The van der Waals surface area contributed by atoms with E-state index in [1.165, 1.54) is 18.8 Å². The van der Waals surface area contributed by atoms with Crippen molar-refractivity contribution in [1.29, 1.82) is 0 Å². The van der Waals surface area contributed by atoms with E-state index < -0.39 is 29.7 Å². The summed E-state index contributed by atoms with van der Waals surface area (Å²) in [6, 6.07) is 21.9. The van der Waals surface area contributed by atoms with Gasteiger partial charge >= 0.3 is 0 Å². The number of nitrogens with one attached hydrogen (secondary N) is 3. The van der Waals surface area contributed by atoms with Crippen molar-refractivity contribution in [2.45, 2.75) is 23.1 Å². The number of carbonyl (C=O) groups excluding carboxylic acids is 3. The van der Waals surface area contributed by atoms with E-state index in [0.29, 0.717) is 12.2 Å². The van der Waals surface area contributed by atoms with Crippen LogP contribution in [-0.4, -0.2) is 41.8 Å². The largest absolute Gasteiger partial charge is 0.357 e. The van der Waals surface area contributed by atoms with E-state index >= 15 is 0 Å². The van der Waals surface area contributed by atoms with Crippen molar-refractivity contribution < 1.29 is 19.6 Å². The third-order valence-corrected chi connectivity index (χ3v) is 7.88. The fraction of sp³-hybridized carbons (Fsp3) is 0.269. The van der Waals surface area contributed by atoms with Crippen molar-refractivity contribution in [3.8, 4) is 0 Å². The first kappa shape index (κ1) is 26.5. The number of hydrogen-bond donors (Lipinski definition) is 4. The van der Waals surface area contributed by atoms with Gasteiger partial charge in [0.15, 0.2) is 0 Å². The van der Waals surface area contributed by atoms with E-state index in [4.69, 9.17) is 0 Å². The van der Waals surface area contributed by atoms with Gasteiger partial charge in [0, 0.05) is 19.2 Å². The molecule has 0 saturated carbocycles. The molecule has 0 aliphatic rings. The topological polar surface area (TPSA) is 108 Å². The van der Waals surface area contributed by atoms with Gasteiger partial charge in [0.2, 0.25) is 17.7 Å². The zero-order valence-corrected chi connectivity index (χ0v) is 21.0. The van der Waals surface area contributed by atoms with Crippen LogP contribution >= 0.6 is 23.1 Å². The van der Waals surface area contributed by atoms with Crippen LogP contribution in [0.5, 0.6) is 0 Å². The average Bonchev–Trinajstić information content (AvgIpc) is 3.42. The molecule has 9 heteroatoms. The van der Waals surface area contributed by atoms with E-state index in [1.807, 2.05) is 78.2 Å². The summed E-state index contributed by atoms with van der Waals surface area (Å²) >= 11 is 3.00. The maximum Gasteiger partial charge on any atom is 0.248 e. The molecule has 184 valence electrons. The molecule has 0 bridgehead atoms. The van der Waals surface area contributed by atoms with Gasteiger partial charge in [-0.25, -0.2) is 5.48 Å². The molecule has 7 nitrogen and oxygen atoms in total. The molecule has 0 saturated heterocycles. The Balaban J connectivity index is 1.86. The number of thioether (sulfide) groups is 1. The predicted octanol–water partition coefficient (Wildman–Crippen LogP) is 3.29. The lowest BCUT2D eigenvalue weighted by molar-refractivity contribution is -0.140. The minimum Gasteiger partial charge on any atom is -0.357 e. The number of hydrogen-bond acceptors (Lipinski definition) is 6. The summed E-state index contributed by atoms with van der Waals surface area (Å²) in [5, 5.41) is 16.9. The van der Waals surface area contributed by atoms with Crippen molar-refractivity contribution in [2.75, 3.05) is 12.8 Å². The molecule has 1 heterocycles. The Bertz CT molecular complexity index is 1080. The average molecular weight is 512 g/mol. The Kier molecular flexibility index (Phi) is 10.3. The van der Waals surface area contributed by atoms with Gasteiger partial charge in [0.05, 0.1) is 16.0 Å². The van der Waals surface area contributed by atoms with Gasteiger partial charge in [-0.2, -0.15) is 0 Å². The second kappa shape index (κ2) is 13.7. The van der Waals surface area contributed by atoms with E-state index in [1.54, 1.807) is 16.8 Å². The summed E-state index contributed by atoms with van der Waals surface area (Å²) in [4.78, 5) is 39.0. The number of hydroxylamine groups is 1. The van der Waals surface area contributed by atoms with Crippen LogP contribution in [0.25, 0.3) is 0 Å². The molecule has 0 aliphatic heterocycles. The highest BCUT2D eigenvalue weighted by atomic mass is 32.2. The molecular weight excluding hydrogens is 482 g/mol. The minimum atomic E-state index is -0.825. The van der Waals surface area contributed by atoms with Gasteiger partial charge in [-0.15, -0.1) is 23.1 Å². The van der Waals surface area contributed by atoms with Crippen LogP contribution in [-0.2, 0) is 27.2 Å². The van der Waals surface area contributed by atoms with E-state index in [-0.39, 0.29) is 12.3 Å². The molecule has 0 aliphatic carbocycles. The lowest BCUT2D eigenvalue weighted by Crippen LogP contribution is -2.51. The molecule has 4 N–H and O–H groups in total. The number of benzene rings is 2. The van der Waals surface area contributed by atoms with E-state index in [2.05, 4.69) is 10.6 Å². The van der Waals surface area contributed by atoms with Crippen LogP contribution in [0.4, 0.5) is 0 Å². The van der Waals surface area contributed by atoms with Crippen LogP contribution < -0.4 is 16.1 Å². The van der Waals surface area contributed by atoms with Crippen LogP contribution in [0.2, 0.25) is 0 Å². The zero-order valence-electron chi connectivity index (χ0n) is 19.3. The van der Waals surface area contributed by atoms with Crippen molar-refractivity contribution in [3.05, 3.63) is 89.3 Å². The first-order valence-corrected chi connectivity index (χ1v) is 13.1. The Morgan fingerprint density at radius 2 is 1.46 bits per heavy atom. The third kappa shape index (κ3) is 7.95. The lowest BCUT2D eigenvalue weighted by Gasteiger charge is -2.27. The Morgan fingerprint density at radius 3 is 2.00 bits per heavy atom. The SMILES string of the molecule is CNC(=O)[C@H](Cc1ccccc1)NC(=O)[C@H](Cc1ccccc1)[C@H](CSc1cccs1)C(=O)NO. The maximum atomic E-state index is 13.6. The fourth-order valence-corrected chi connectivity index (χ4v) is 5.77. The molecule has 1 aromatic heterocycles.